The number of rotatable bonds is 6. The monoisotopic (exact) mass is 482 g/mol. The summed E-state index contributed by atoms with van der Waals surface area (Å²) in [5, 5.41) is 19.2. The number of amides is 1. The summed E-state index contributed by atoms with van der Waals surface area (Å²) < 4.78 is 5.05. The number of nitrogens with one attached hydrogen (secondary N) is 1. The fourth-order valence-electron chi connectivity index (χ4n) is 4.50. The number of carbonyl (C=O) groups is 2. The predicted octanol–water partition coefficient (Wildman–Crippen LogP) is 5.22. The second kappa shape index (κ2) is 9.10. The number of carbonyl (C=O) groups excluding carboxylic acids is 2. The normalized spacial score (nSPS) is 14.6. The third kappa shape index (κ3) is 3.80. The van der Waals surface area contributed by atoms with Gasteiger partial charge in [0, 0.05) is 22.9 Å². The number of para-hydroxylation sites is 1. The lowest BCUT2D eigenvalue weighted by atomic mass is 9.94. The molecule has 0 radical (unpaired) electrons. The molecule has 4 aromatic rings. The summed E-state index contributed by atoms with van der Waals surface area (Å²) in [6.45, 7) is 3.94. The number of hydrogen-bond acceptors (Lipinski definition) is 6. The molecule has 2 heterocycles. The fourth-order valence-corrected chi connectivity index (χ4v) is 4.50. The van der Waals surface area contributed by atoms with Crippen LogP contribution in [0.2, 0.25) is 0 Å². The molecule has 1 amide bonds. The van der Waals surface area contributed by atoms with Crippen molar-refractivity contribution in [3.63, 3.8) is 0 Å². The zero-order valence-electron chi connectivity index (χ0n) is 19.6. The lowest BCUT2D eigenvalue weighted by molar-refractivity contribution is -0.385. The van der Waals surface area contributed by atoms with Crippen LogP contribution in [0, 0.1) is 17.0 Å². The molecule has 36 heavy (non-hydrogen) atoms. The highest BCUT2D eigenvalue weighted by Gasteiger charge is 2.45. The van der Waals surface area contributed by atoms with Gasteiger partial charge in [-0.3, -0.25) is 24.9 Å². The van der Waals surface area contributed by atoms with Gasteiger partial charge in [-0.25, -0.2) is 4.79 Å². The zero-order chi connectivity index (χ0) is 25.4. The summed E-state index contributed by atoms with van der Waals surface area (Å²) in [7, 11) is 0. The predicted molar refractivity (Wildman–Crippen MR) is 133 cm³/mol. The Balaban J connectivity index is 1.69. The van der Waals surface area contributed by atoms with Crippen LogP contribution in [-0.2, 0) is 4.74 Å². The van der Waals surface area contributed by atoms with Crippen molar-refractivity contribution < 1.29 is 19.2 Å². The Morgan fingerprint density at radius 2 is 1.78 bits per heavy atom. The molecule has 1 aliphatic heterocycles. The van der Waals surface area contributed by atoms with Crippen LogP contribution in [0.4, 0.5) is 11.4 Å². The van der Waals surface area contributed by atoms with Crippen molar-refractivity contribution >= 4 is 23.3 Å². The number of anilines is 1. The Morgan fingerprint density at radius 1 is 1.08 bits per heavy atom. The molecular weight excluding hydrogens is 460 g/mol. The summed E-state index contributed by atoms with van der Waals surface area (Å²) >= 11 is 0. The van der Waals surface area contributed by atoms with E-state index >= 15 is 0 Å². The summed E-state index contributed by atoms with van der Waals surface area (Å²) in [5.41, 5.74) is 4.31. The third-order valence-electron chi connectivity index (χ3n) is 6.18. The van der Waals surface area contributed by atoms with Crippen LogP contribution < -0.4 is 4.90 Å². The minimum atomic E-state index is -0.808. The first-order chi connectivity index (χ1) is 17.4. The highest BCUT2D eigenvalue weighted by atomic mass is 16.6. The van der Waals surface area contributed by atoms with Crippen LogP contribution in [0.15, 0.2) is 72.8 Å². The van der Waals surface area contributed by atoms with Gasteiger partial charge in [-0.1, -0.05) is 42.0 Å². The van der Waals surface area contributed by atoms with E-state index < -0.39 is 16.9 Å². The lowest BCUT2D eigenvalue weighted by Crippen LogP contribution is -2.29. The first-order valence-electron chi connectivity index (χ1n) is 11.4. The molecule has 0 fully saturated rings. The molecule has 0 bridgehead atoms. The minimum absolute atomic E-state index is 0.104. The van der Waals surface area contributed by atoms with E-state index in [1.54, 1.807) is 49.4 Å². The van der Waals surface area contributed by atoms with Crippen LogP contribution in [0.25, 0.3) is 11.3 Å². The van der Waals surface area contributed by atoms with Crippen LogP contribution in [0.5, 0.6) is 0 Å². The molecule has 9 heteroatoms. The summed E-state index contributed by atoms with van der Waals surface area (Å²) in [5.74, 6) is -0.842. The number of hydrogen-bond donors (Lipinski definition) is 1. The van der Waals surface area contributed by atoms with E-state index in [0.717, 1.165) is 11.1 Å². The van der Waals surface area contributed by atoms with Gasteiger partial charge in [0.05, 0.1) is 34.4 Å². The second-order valence-corrected chi connectivity index (χ2v) is 8.39. The SMILES string of the molecule is CCOC(=O)c1ccc(N2C(=O)c3[nH]nc(-c4ccc(C)cc4)c3[C@@H]2c2ccccc2[N+](=O)[O-])cc1. The van der Waals surface area contributed by atoms with E-state index in [1.165, 1.54) is 11.0 Å². The Morgan fingerprint density at radius 3 is 2.44 bits per heavy atom. The van der Waals surface area contributed by atoms with Gasteiger partial charge in [0.25, 0.3) is 11.6 Å². The molecule has 9 nitrogen and oxygen atoms in total. The molecule has 3 aromatic carbocycles. The van der Waals surface area contributed by atoms with Gasteiger partial charge in [-0.15, -0.1) is 0 Å². The standard InChI is InChI=1S/C27H22N4O5/c1-3-36-27(33)18-12-14-19(15-13-18)30-25(20-6-4-5-7-21(20)31(34)35)22-23(28-29-24(22)26(30)32)17-10-8-16(2)9-11-17/h4-15,25H,3H2,1-2H3,(H,28,29)/t25-/m0/s1. The smallest absolute Gasteiger partial charge is 0.338 e. The molecule has 5 rings (SSSR count). The van der Waals surface area contributed by atoms with Crippen LogP contribution >= 0.6 is 0 Å². The molecule has 0 aliphatic carbocycles. The van der Waals surface area contributed by atoms with Crippen molar-refractivity contribution in [2.24, 2.45) is 0 Å². The first kappa shape index (κ1) is 23.0. The molecule has 1 aromatic heterocycles. The molecule has 1 aliphatic rings. The topological polar surface area (TPSA) is 118 Å². The van der Waals surface area contributed by atoms with Gasteiger partial charge in [0.2, 0.25) is 0 Å². The summed E-state index contributed by atoms with van der Waals surface area (Å²) in [6.07, 6.45) is 0. The number of esters is 1. The van der Waals surface area contributed by atoms with Gasteiger partial charge < -0.3 is 4.74 Å². The number of fused-ring (bicyclic) bond motifs is 1. The maximum Gasteiger partial charge on any atom is 0.338 e. The van der Waals surface area contributed by atoms with Gasteiger partial charge >= 0.3 is 5.97 Å². The van der Waals surface area contributed by atoms with Crippen molar-refractivity contribution in [2.75, 3.05) is 11.5 Å². The molecule has 0 saturated heterocycles. The summed E-state index contributed by atoms with van der Waals surface area (Å²) in [6, 6.07) is 19.7. The number of ether oxygens (including phenoxy) is 1. The highest BCUT2D eigenvalue weighted by molar-refractivity contribution is 6.12. The lowest BCUT2D eigenvalue weighted by Gasteiger charge is -2.26. The quantitative estimate of drug-likeness (QED) is 0.229. The summed E-state index contributed by atoms with van der Waals surface area (Å²) in [4.78, 5) is 38.8. The van der Waals surface area contributed by atoms with Crippen LogP contribution in [0.3, 0.4) is 0 Å². The molecule has 1 atom stereocenters. The number of aromatic amines is 1. The van der Waals surface area contributed by atoms with Crippen molar-refractivity contribution in [3.05, 3.63) is 111 Å². The Kier molecular flexibility index (Phi) is 5.81. The minimum Gasteiger partial charge on any atom is -0.462 e. The second-order valence-electron chi connectivity index (χ2n) is 8.39. The molecular formula is C27H22N4O5. The number of aryl methyl sites for hydroxylation is 1. The van der Waals surface area contributed by atoms with Gasteiger partial charge in [-0.2, -0.15) is 5.10 Å². The number of H-pyrrole nitrogens is 1. The van der Waals surface area contributed by atoms with E-state index in [0.29, 0.717) is 28.1 Å². The Labute approximate surface area is 206 Å². The fraction of sp³-hybridized carbons (Fsp3) is 0.148. The van der Waals surface area contributed by atoms with Gasteiger partial charge in [-0.05, 0) is 44.2 Å². The molecule has 0 spiro atoms. The van der Waals surface area contributed by atoms with E-state index in [4.69, 9.17) is 4.74 Å². The zero-order valence-corrected chi connectivity index (χ0v) is 19.6. The van der Waals surface area contributed by atoms with Crippen molar-refractivity contribution in [1.82, 2.24) is 10.2 Å². The number of nitro benzene ring substituents is 1. The molecule has 0 unspecified atom stereocenters. The number of nitro groups is 1. The average Bonchev–Trinajstić information content (AvgIpc) is 3.43. The van der Waals surface area contributed by atoms with E-state index in [1.807, 2.05) is 31.2 Å². The van der Waals surface area contributed by atoms with E-state index in [-0.39, 0.29) is 23.9 Å². The third-order valence-corrected chi connectivity index (χ3v) is 6.18. The maximum atomic E-state index is 13.7. The molecule has 180 valence electrons. The van der Waals surface area contributed by atoms with Gasteiger partial charge in [0.1, 0.15) is 5.69 Å². The number of nitrogens with zero attached hydrogens (tertiary/aromatic N) is 3. The maximum absolute atomic E-state index is 13.7. The largest absolute Gasteiger partial charge is 0.462 e. The van der Waals surface area contributed by atoms with Crippen LogP contribution in [-0.4, -0.2) is 33.6 Å². The van der Waals surface area contributed by atoms with Crippen molar-refractivity contribution in [3.8, 4) is 11.3 Å². The highest BCUT2D eigenvalue weighted by Crippen LogP contribution is 2.47. The Bertz CT molecular complexity index is 1480. The number of benzene rings is 3. The van der Waals surface area contributed by atoms with Gasteiger partial charge in [0.15, 0.2) is 0 Å². The van der Waals surface area contributed by atoms with Crippen molar-refractivity contribution in [2.45, 2.75) is 19.9 Å². The Hall–Kier alpha value is -4.79. The molecule has 1 N–H and O–H groups in total. The molecule has 0 saturated carbocycles. The number of aromatic nitrogens is 2. The average molecular weight is 482 g/mol. The van der Waals surface area contributed by atoms with Crippen molar-refractivity contribution in [1.29, 1.82) is 0 Å². The van der Waals surface area contributed by atoms with E-state index in [9.17, 15) is 19.7 Å². The van der Waals surface area contributed by atoms with Crippen LogP contribution in [0.1, 0.15) is 50.5 Å². The van der Waals surface area contributed by atoms with E-state index in [2.05, 4.69) is 10.2 Å². The first-order valence-corrected chi connectivity index (χ1v) is 11.4.